The molecule has 1 aromatic carbocycles. The van der Waals surface area contributed by atoms with E-state index in [1.54, 1.807) is 0 Å². The van der Waals surface area contributed by atoms with Crippen LogP contribution in [-0.4, -0.2) is 6.29 Å². The van der Waals surface area contributed by atoms with Gasteiger partial charge in [0.05, 0.1) is 5.56 Å². The molecule has 1 nitrogen and oxygen atoms in total. The maximum atomic E-state index is 12.5. The Kier molecular flexibility index (Phi) is 3.68. The summed E-state index contributed by atoms with van der Waals surface area (Å²) in [5, 5.41) is 0. The molecular formula is C10H6BrF3O. The van der Waals surface area contributed by atoms with Crippen LogP contribution in [0.3, 0.4) is 0 Å². The second kappa shape index (κ2) is 4.61. The molecule has 1 rings (SSSR count). The van der Waals surface area contributed by atoms with Gasteiger partial charge in [-0.25, -0.2) is 0 Å². The van der Waals surface area contributed by atoms with Crippen LogP contribution in [0.15, 0.2) is 28.7 Å². The lowest BCUT2D eigenvalue weighted by Crippen LogP contribution is -2.07. The smallest absolute Gasteiger partial charge is 0.299 e. The summed E-state index contributed by atoms with van der Waals surface area (Å²) in [6, 6.07) is 3.76. The first-order valence-electron chi connectivity index (χ1n) is 3.94. The minimum Gasteiger partial charge on any atom is -0.299 e. The van der Waals surface area contributed by atoms with E-state index in [9.17, 15) is 18.0 Å². The number of alkyl halides is 3. The van der Waals surface area contributed by atoms with Crippen molar-refractivity contribution in [3.05, 3.63) is 39.9 Å². The minimum absolute atomic E-state index is 0.0298. The van der Waals surface area contributed by atoms with Gasteiger partial charge < -0.3 is 0 Å². The standard InChI is InChI=1S/C10H6BrF3O/c11-8-4-3-7(2-1-5-15)9(6-8)10(12,13)14/h1-6H. The van der Waals surface area contributed by atoms with Crippen molar-refractivity contribution in [2.45, 2.75) is 6.18 Å². The third kappa shape index (κ3) is 3.20. The molecule has 0 radical (unpaired) electrons. The predicted octanol–water partition coefficient (Wildman–Crippen LogP) is 3.68. The molecule has 0 aromatic heterocycles. The number of aldehydes is 1. The summed E-state index contributed by atoms with van der Waals surface area (Å²) in [5.74, 6) is 0. The van der Waals surface area contributed by atoms with Gasteiger partial charge in [-0.15, -0.1) is 0 Å². The molecule has 0 N–H and O–H groups in total. The highest BCUT2D eigenvalue weighted by Gasteiger charge is 2.32. The van der Waals surface area contributed by atoms with Crippen LogP contribution in [0.2, 0.25) is 0 Å². The number of allylic oxidation sites excluding steroid dienone is 1. The van der Waals surface area contributed by atoms with Crippen LogP contribution < -0.4 is 0 Å². The SMILES string of the molecule is O=CC=Cc1ccc(Br)cc1C(F)(F)F. The van der Waals surface area contributed by atoms with Gasteiger partial charge >= 0.3 is 6.18 Å². The fourth-order valence-electron chi connectivity index (χ4n) is 1.06. The number of benzene rings is 1. The first-order chi connectivity index (χ1) is 6.95. The Balaban J connectivity index is 3.26. The molecule has 0 saturated heterocycles. The van der Waals surface area contributed by atoms with Gasteiger partial charge in [0.15, 0.2) is 0 Å². The molecule has 0 amide bonds. The molecule has 0 aliphatic heterocycles. The van der Waals surface area contributed by atoms with E-state index >= 15 is 0 Å². The van der Waals surface area contributed by atoms with E-state index in [2.05, 4.69) is 15.9 Å². The molecular weight excluding hydrogens is 273 g/mol. The molecule has 0 aliphatic rings. The summed E-state index contributed by atoms with van der Waals surface area (Å²) in [7, 11) is 0. The molecule has 0 unspecified atom stereocenters. The Bertz CT molecular complexity index is 396. The second-order valence-electron chi connectivity index (χ2n) is 2.72. The van der Waals surface area contributed by atoms with Gasteiger partial charge in [0.25, 0.3) is 0 Å². The fraction of sp³-hybridized carbons (Fsp3) is 0.100. The van der Waals surface area contributed by atoms with E-state index in [4.69, 9.17) is 0 Å². The number of halogens is 4. The number of carbonyl (C=O) groups is 1. The van der Waals surface area contributed by atoms with Crippen molar-refractivity contribution < 1.29 is 18.0 Å². The molecule has 0 heterocycles. The van der Waals surface area contributed by atoms with Gasteiger partial charge in [-0.05, 0) is 23.8 Å². The van der Waals surface area contributed by atoms with Crippen LogP contribution in [-0.2, 0) is 11.0 Å². The molecule has 0 aliphatic carbocycles. The Morgan fingerprint density at radius 1 is 1.27 bits per heavy atom. The van der Waals surface area contributed by atoms with Crippen molar-refractivity contribution in [2.24, 2.45) is 0 Å². The number of rotatable bonds is 2. The van der Waals surface area contributed by atoms with Gasteiger partial charge in [-0.3, -0.25) is 4.79 Å². The molecule has 80 valence electrons. The van der Waals surface area contributed by atoms with Crippen LogP contribution in [0.4, 0.5) is 13.2 Å². The van der Waals surface area contributed by atoms with Crippen LogP contribution in [0.5, 0.6) is 0 Å². The van der Waals surface area contributed by atoms with E-state index in [1.807, 2.05) is 0 Å². The maximum Gasteiger partial charge on any atom is 0.417 e. The van der Waals surface area contributed by atoms with Gasteiger partial charge in [-0.1, -0.05) is 28.1 Å². The van der Waals surface area contributed by atoms with Gasteiger partial charge in [0, 0.05) is 4.47 Å². The third-order valence-corrected chi connectivity index (χ3v) is 2.17. The van der Waals surface area contributed by atoms with Gasteiger partial charge in [0.2, 0.25) is 0 Å². The quantitative estimate of drug-likeness (QED) is 0.596. The third-order valence-electron chi connectivity index (χ3n) is 1.68. The Hall–Kier alpha value is -1.10. The van der Waals surface area contributed by atoms with E-state index in [-0.39, 0.29) is 5.56 Å². The minimum atomic E-state index is -4.42. The van der Waals surface area contributed by atoms with Crippen LogP contribution in [0, 0.1) is 0 Å². The molecule has 15 heavy (non-hydrogen) atoms. The molecule has 0 saturated carbocycles. The highest BCUT2D eigenvalue weighted by molar-refractivity contribution is 9.10. The van der Waals surface area contributed by atoms with Crippen molar-refractivity contribution >= 4 is 28.3 Å². The van der Waals surface area contributed by atoms with E-state index in [0.717, 1.165) is 18.2 Å². The maximum absolute atomic E-state index is 12.5. The monoisotopic (exact) mass is 278 g/mol. The Labute approximate surface area is 92.7 Å². The fourth-order valence-corrected chi connectivity index (χ4v) is 1.42. The molecule has 0 spiro atoms. The normalized spacial score (nSPS) is 12.0. The van der Waals surface area contributed by atoms with E-state index in [1.165, 1.54) is 12.1 Å². The summed E-state index contributed by atoms with van der Waals surface area (Å²) in [6.07, 6.45) is -1.84. The van der Waals surface area contributed by atoms with E-state index in [0.29, 0.717) is 10.8 Å². The summed E-state index contributed by atoms with van der Waals surface area (Å²) >= 11 is 2.96. The lowest BCUT2D eigenvalue weighted by atomic mass is 10.1. The first-order valence-corrected chi connectivity index (χ1v) is 4.73. The van der Waals surface area contributed by atoms with Crippen LogP contribution in [0.25, 0.3) is 6.08 Å². The summed E-state index contributed by atoms with van der Waals surface area (Å²) in [6.45, 7) is 0. The van der Waals surface area contributed by atoms with Gasteiger partial charge in [-0.2, -0.15) is 13.2 Å². The summed E-state index contributed by atoms with van der Waals surface area (Å²) in [4.78, 5) is 10.0. The lowest BCUT2D eigenvalue weighted by molar-refractivity contribution is -0.137. The van der Waals surface area contributed by atoms with Crippen molar-refractivity contribution in [1.29, 1.82) is 0 Å². The van der Waals surface area contributed by atoms with Crippen LogP contribution in [0.1, 0.15) is 11.1 Å². The number of hydrogen-bond donors (Lipinski definition) is 0. The highest BCUT2D eigenvalue weighted by atomic mass is 79.9. The molecule has 1 aromatic rings. The van der Waals surface area contributed by atoms with E-state index < -0.39 is 11.7 Å². The highest BCUT2D eigenvalue weighted by Crippen LogP contribution is 2.34. The Morgan fingerprint density at radius 3 is 2.47 bits per heavy atom. The largest absolute Gasteiger partial charge is 0.417 e. The zero-order valence-electron chi connectivity index (χ0n) is 7.38. The number of carbonyl (C=O) groups excluding carboxylic acids is 1. The molecule has 0 bridgehead atoms. The van der Waals surface area contributed by atoms with Gasteiger partial charge in [0.1, 0.15) is 6.29 Å². The summed E-state index contributed by atoms with van der Waals surface area (Å²) < 4.78 is 37.9. The predicted molar refractivity (Wildman–Crippen MR) is 54.2 cm³/mol. The summed E-state index contributed by atoms with van der Waals surface area (Å²) in [5.41, 5.74) is -0.798. The first kappa shape index (κ1) is 12.0. The molecule has 0 fully saturated rings. The molecule has 0 atom stereocenters. The van der Waals surface area contributed by atoms with Crippen molar-refractivity contribution in [2.75, 3.05) is 0 Å². The topological polar surface area (TPSA) is 17.1 Å². The second-order valence-corrected chi connectivity index (χ2v) is 3.64. The zero-order valence-corrected chi connectivity index (χ0v) is 8.97. The average Bonchev–Trinajstić information content (AvgIpc) is 2.14. The Morgan fingerprint density at radius 2 is 1.93 bits per heavy atom. The van der Waals surface area contributed by atoms with Crippen molar-refractivity contribution in [3.8, 4) is 0 Å². The van der Waals surface area contributed by atoms with Crippen molar-refractivity contribution in [1.82, 2.24) is 0 Å². The van der Waals surface area contributed by atoms with Crippen LogP contribution >= 0.6 is 15.9 Å². The zero-order chi connectivity index (χ0) is 11.5. The number of hydrogen-bond acceptors (Lipinski definition) is 1. The van der Waals surface area contributed by atoms with Crippen molar-refractivity contribution in [3.63, 3.8) is 0 Å². The average molecular weight is 279 g/mol. The lowest BCUT2D eigenvalue weighted by Gasteiger charge is -2.10. The molecule has 5 heteroatoms.